The largest absolute Gasteiger partial charge is 0.506 e. The molecule has 3 N–H and O–H groups in total. The van der Waals surface area contributed by atoms with Crippen molar-refractivity contribution in [1.29, 1.82) is 0 Å². The Morgan fingerprint density at radius 2 is 1.79 bits per heavy atom. The van der Waals surface area contributed by atoms with E-state index in [1.807, 2.05) is 24.3 Å². The van der Waals surface area contributed by atoms with Crippen LogP contribution in [0.4, 0.5) is 10.5 Å². The fraction of sp³-hybridized carbons (Fsp3) is 0.500. The second-order valence-corrected chi connectivity index (χ2v) is 10.2. The number of anilines is 1. The number of carbonyl (C=O) groups excluding carboxylic acids is 2. The van der Waals surface area contributed by atoms with Crippen LogP contribution in [0, 0.1) is 0 Å². The molecule has 2 amide bonds. The second kappa shape index (κ2) is 9.52. The van der Waals surface area contributed by atoms with Crippen LogP contribution in [0.25, 0.3) is 0 Å². The molecular weight excluding hydrogens is 434 g/mol. The number of aromatic hydroxyl groups is 1. The van der Waals surface area contributed by atoms with Gasteiger partial charge in [-0.25, -0.2) is 4.79 Å². The molecule has 0 radical (unpaired) electrons. The highest BCUT2D eigenvalue weighted by Crippen LogP contribution is 2.33. The predicted octanol–water partition coefficient (Wildman–Crippen LogP) is 4.67. The number of hydrogen-bond donors (Lipinski definition) is 3. The van der Waals surface area contributed by atoms with Gasteiger partial charge in [0.2, 0.25) is 0 Å². The number of rotatable bonds is 3. The number of pyridine rings is 1. The third kappa shape index (κ3) is 5.26. The van der Waals surface area contributed by atoms with Crippen LogP contribution in [0.1, 0.15) is 86.0 Å². The highest BCUT2D eigenvalue weighted by Gasteiger charge is 2.30. The van der Waals surface area contributed by atoms with Gasteiger partial charge in [0, 0.05) is 29.9 Å². The Kier molecular flexibility index (Phi) is 6.68. The number of fused-ring (bicyclic) bond motifs is 1. The summed E-state index contributed by atoms with van der Waals surface area (Å²) in [5.74, 6) is -0.538. The molecule has 0 saturated heterocycles. The number of carbonyl (C=O) groups is 2. The highest BCUT2D eigenvalue weighted by atomic mass is 16.6. The summed E-state index contributed by atoms with van der Waals surface area (Å²) in [6, 6.07) is 7.69. The van der Waals surface area contributed by atoms with Crippen molar-refractivity contribution in [3.8, 4) is 5.75 Å². The molecule has 2 aliphatic rings. The molecule has 8 nitrogen and oxygen atoms in total. The quantitative estimate of drug-likeness (QED) is 0.607. The lowest BCUT2D eigenvalue weighted by Crippen LogP contribution is -2.41. The summed E-state index contributed by atoms with van der Waals surface area (Å²) in [5.41, 5.74) is 1.03. The third-order valence-electron chi connectivity index (χ3n) is 6.48. The van der Waals surface area contributed by atoms with E-state index in [0.29, 0.717) is 35.8 Å². The Morgan fingerprint density at radius 1 is 1.12 bits per heavy atom. The molecule has 0 spiro atoms. The van der Waals surface area contributed by atoms with Crippen molar-refractivity contribution in [3.63, 3.8) is 0 Å². The Hall–Kier alpha value is -3.29. The summed E-state index contributed by atoms with van der Waals surface area (Å²) < 4.78 is 5.42. The van der Waals surface area contributed by atoms with Crippen LogP contribution in [0.5, 0.6) is 5.75 Å². The van der Waals surface area contributed by atoms with E-state index in [2.05, 4.69) is 10.3 Å². The van der Waals surface area contributed by atoms with Crippen molar-refractivity contribution in [2.75, 3.05) is 11.9 Å². The van der Waals surface area contributed by atoms with Gasteiger partial charge in [-0.2, -0.15) is 0 Å². The van der Waals surface area contributed by atoms with Gasteiger partial charge in [0.05, 0.1) is 6.54 Å². The number of benzene rings is 1. The first-order valence-corrected chi connectivity index (χ1v) is 12.0. The Bertz CT molecular complexity index is 1120. The molecule has 182 valence electrons. The van der Waals surface area contributed by atoms with E-state index in [4.69, 9.17) is 4.74 Å². The minimum Gasteiger partial charge on any atom is -0.506 e. The van der Waals surface area contributed by atoms with E-state index in [1.165, 1.54) is 42.6 Å². The molecule has 1 aromatic carbocycles. The van der Waals surface area contributed by atoms with E-state index < -0.39 is 28.9 Å². The molecule has 34 heavy (non-hydrogen) atoms. The van der Waals surface area contributed by atoms with Gasteiger partial charge in [-0.1, -0.05) is 31.4 Å². The van der Waals surface area contributed by atoms with Crippen LogP contribution in [0.2, 0.25) is 0 Å². The van der Waals surface area contributed by atoms with Crippen molar-refractivity contribution < 1.29 is 19.4 Å². The highest BCUT2D eigenvalue weighted by molar-refractivity contribution is 6.06. The number of ether oxygens (including phenoxy) is 1. The predicted molar refractivity (Wildman–Crippen MR) is 129 cm³/mol. The second-order valence-electron chi connectivity index (χ2n) is 10.2. The first-order valence-electron chi connectivity index (χ1n) is 12.0. The van der Waals surface area contributed by atoms with Crippen LogP contribution in [-0.2, 0) is 17.7 Å². The van der Waals surface area contributed by atoms with E-state index in [0.717, 1.165) is 0 Å². The maximum absolute atomic E-state index is 12.9. The first-order chi connectivity index (χ1) is 16.1. The zero-order valence-electron chi connectivity index (χ0n) is 20.1. The summed E-state index contributed by atoms with van der Waals surface area (Å²) in [6.45, 7) is 5.73. The molecular formula is C26H33N3O5. The maximum Gasteiger partial charge on any atom is 0.410 e. The van der Waals surface area contributed by atoms with Gasteiger partial charge < -0.3 is 25.0 Å². The lowest BCUT2D eigenvalue weighted by Gasteiger charge is -2.31. The van der Waals surface area contributed by atoms with Gasteiger partial charge in [0.15, 0.2) is 0 Å². The number of nitrogens with zero attached hydrogens (tertiary/aromatic N) is 1. The van der Waals surface area contributed by atoms with Gasteiger partial charge in [-0.05, 0) is 57.2 Å². The van der Waals surface area contributed by atoms with Gasteiger partial charge in [0.1, 0.15) is 16.9 Å². The van der Waals surface area contributed by atoms with Gasteiger partial charge in [-0.15, -0.1) is 0 Å². The lowest BCUT2D eigenvalue weighted by atomic mass is 9.84. The molecule has 2 aromatic rings. The van der Waals surface area contributed by atoms with Crippen LogP contribution in [0.15, 0.2) is 29.1 Å². The average Bonchev–Trinajstić information content (AvgIpc) is 2.79. The molecule has 1 aliphatic heterocycles. The van der Waals surface area contributed by atoms with Crippen molar-refractivity contribution in [3.05, 3.63) is 57.0 Å². The summed E-state index contributed by atoms with van der Waals surface area (Å²) in [7, 11) is 0. The zero-order valence-corrected chi connectivity index (χ0v) is 20.1. The zero-order chi connectivity index (χ0) is 24.5. The lowest BCUT2D eigenvalue weighted by molar-refractivity contribution is 0.0221. The third-order valence-corrected chi connectivity index (χ3v) is 6.48. The molecule has 1 aliphatic carbocycles. The first kappa shape index (κ1) is 23.9. The van der Waals surface area contributed by atoms with Gasteiger partial charge >= 0.3 is 6.09 Å². The van der Waals surface area contributed by atoms with Crippen LogP contribution in [-0.4, -0.2) is 39.1 Å². The number of aromatic amines is 1. The van der Waals surface area contributed by atoms with E-state index in [1.54, 1.807) is 20.8 Å². The molecule has 1 saturated carbocycles. The fourth-order valence-electron chi connectivity index (χ4n) is 4.74. The summed E-state index contributed by atoms with van der Waals surface area (Å²) in [4.78, 5) is 42.2. The summed E-state index contributed by atoms with van der Waals surface area (Å²) in [5, 5.41) is 13.6. The normalized spacial score (nSPS) is 16.6. The minimum atomic E-state index is -0.693. The number of amides is 2. The SMILES string of the molecule is CC(C)(C)OC(=O)N1CCc2[nH]c(=O)c(C(=O)Nc3ccc(C4CCCCC4)cc3)c(O)c2C1. The molecule has 0 atom stereocenters. The maximum atomic E-state index is 12.9. The molecule has 4 rings (SSSR count). The van der Waals surface area contributed by atoms with E-state index >= 15 is 0 Å². The molecule has 2 heterocycles. The standard InChI is InChI=1S/C26H33N3O5/c1-26(2,3)34-25(33)29-14-13-20-19(15-29)22(30)21(24(32)28-20)23(31)27-18-11-9-17(10-12-18)16-7-5-4-6-8-16/h9-12,16H,4-8,13-15H2,1-3H3,(H,27,31)(H2,28,30,32). The fourth-order valence-corrected chi connectivity index (χ4v) is 4.74. The van der Waals surface area contributed by atoms with Crippen molar-refractivity contribution in [2.24, 2.45) is 0 Å². The van der Waals surface area contributed by atoms with Crippen molar-refractivity contribution >= 4 is 17.7 Å². The average molecular weight is 468 g/mol. The Labute approximate surface area is 199 Å². The van der Waals surface area contributed by atoms with Crippen molar-refractivity contribution in [2.45, 2.75) is 77.4 Å². The Balaban J connectivity index is 1.51. The van der Waals surface area contributed by atoms with Gasteiger partial charge in [-0.3, -0.25) is 9.59 Å². The van der Waals surface area contributed by atoms with Crippen molar-refractivity contribution in [1.82, 2.24) is 9.88 Å². The molecule has 1 fully saturated rings. The van der Waals surface area contributed by atoms with Gasteiger partial charge in [0.25, 0.3) is 11.5 Å². The number of H-pyrrole nitrogens is 1. The topological polar surface area (TPSA) is 112 Å². The van der Waals surface area contributed by atoms with E-state index in [9.17, 15) is 19.5 Å². The number of aromatic nitrogens is 1. The molecule has 1 aromatic heterocycles. The van der Waals surface area contributed by atoms with Crippen LogP contribution < -0.4 is 10.9 Å². The number of hydrogen-bond acceptors (Lipinski definition) is 5. The van der Waals surface area contributed by atoms with E-state index in [-0.39, 0.29) is 12.1 Å². The summed E-state index contributed by atoms with van der Waals surface area (Å²) >= 11 is 0. The molecule has 0 bridgehead atoms. The Morgan fingerprint density at radius 3 is 2.44 bits per heavy atom. The summed E-state index contributed by atoms with van der Waals surface area (Å²) in [6.07, 6.45) is 5.99. The molecule has 8 heteroatoms. The monoisotopic (exact) mass is 467 g/mol. The number of nitrogens with one attached hydrogen (secondary N) is 2. The molecule has 0 unspecified atom stereocenters. The smallest absolute Gasteiger partial charge is 0.410 e. The van der Waals surface area contributed by atoms with Crippen LogP contribution >= 0.6 is 0 Å². The minimum absolute atomic E-state index is 0.0449. The van der Waals surface area contributed by atoms with Crippen LogP contribution in [0.3, 0.4) is 0 Å².